The Morgan fingerprint density at radius 2 is 1.74 bits per heavy atom. The van der Waals surface area contributed by atoms with E-state index in [-0.39, 0.29) is 47.0 Å². The number of ether oxygens (including phenoxy) is 2. The fourth-order valence-corrected chi connectivity index (χ4v) is 5.46. The van der Waals surface area contributed by atoms with Crippen molar-refractivity contribution in [3.05, 3.63) is 112 Å². The van der Waals surface area contributed by atoms with Gasteiger partial charge in [-0.15, -0.1) is 0 Å². The predicted molar refractivity (Wildman–Crippen MR) is 147 cm³/mol. The first-order chi connectivity index (χ1) is 18.8. The summed E-state index contributed by atoms with van der Waals surface area (Å²) in [7, 11) is -3.66. The van der Waals surface area contributed by atoms with Crippen LogP contribution in [0.2, 0.25) is 0 Å². The maximum absolute atomic E-state index is 13.1. The summed E-state index contributed by atoms with van der Waals surface area (Å²) in [6, 6.07) is 23.9. The van der Waals surface area contributed by atoms with Crippen LogP contribution in [0.25, 0.3) is 21.9 Å². The van der Waals surface area contributed by atoms with Gasteiger partial charge in [-0.3, -0.25) is 4.79 Å². The Bertz CT molecular complexity index is 1830. The third-order valence-electron chi connectivity index (χ3n) is 6.18. The predicted octanol–water partition coefficient (Wildman–Crippen LogP) is 5.11. The van der Waals surface area contributed by atoms with Crippen molar-refractivity contribution in [2.75, 3.05) is 12.4 Å². The van der Waals surface area contributed by atoms with Gasteiger partial charge in [0.1, 0.15) is 17.9 Å². The zero-order chi connectivity index (χ0) is 27.4. The molecule has 2 heterocycles. The standard InChI is InChI=1S/C30H25NO7S/c1-2-36-30(33)28-18-27(32)25-8-5-7-21(29(25)38-28)16-17-39(34,35)24-14-12-23(13-15-24)37-19-22-11-10-20-6-3-4-9-26(20)31-22/h3-15,18H,2,16-17,19H2,1H3. The van der Waals surface area contributed by atoms with Crippen molar-refractivity contribution >= 4 is 37.7 Å². The second-order valence-corrected chi connectivity index (χ2v) is 10.9. The van der Waals surface area contributed by atoms with E-state index in [1.165, 1.54) is 12.1 Å². The van der Waals surface area contributed by atoms with Gasteiger partial charge in [-0.05, 0) is 61.4 Å². The van der Waals surface area contributed by atoms with E-state index in [2.05, 4.69) is 4.98 Å². The highest BCUT2D eigenvalue weighted by atomic mass is 32.2. The third-order valence-corrected chi connectivity index (χ3v) is 7.91. The summed E-state index contributed by atoms with van der Waals surface area (Å²) in [5.41, 5.74) is 1.91. The minimum absolute atomic E-state index is 0.0841. The highest BCUT2D eigenvalue weighted by Gasteiger charge is 2.19. The lowest BCUT2D eigenvalue weighted by Crippen LogP contribution is -2.12. The zero-order valence-electron chi connectivity index (χ0n) is 21.1. The van der Waals surface area contributed by atoms with E-state index < -0.39 is 21.2 Å². The molecule has 0 spiro atoms. The van der Waals surface area contributed by atoms with E-state index in [0.717, 1.165) is 22.7 Å². The molecule has 2 aromatic heterocycles. The summed E-state index contributed by atoms with van der Waals surface area (Å²) in [6.45, 7) is 2.02. The van der Waals surface area contributed by atoms with Crippen LogP contribution in [0.4, 0.5) is 0 Å². The molecule has 0 aliphatic rings. The van der Waals surface area contributed by atoms with Crippen LogP contribution in [0.1, 0.15) is 28.7 Å². The molecule has 8 nitrogen and oxygen atoms in total. The van der Waals surface area contributed by atoms with E-state index in [1.54, 1.807) is 37.3 Å². The Hall–Kier alpha value is -4.50. The van der Waals surface area contributed by atoms with Crippen molar-refractivity contribution in [1.29, 1.82) is 0 Å². The molecular formula is C30H25NO7S. The van der Waals surface area contributed by atoms with Crippen molar-refractivity contribution in [2.24, 2.45) is 0 Å². The van der Waals surface area contributed by atoms with Crippen LogP contribution >= 0.6 is 0 Å². The molecule has 0 aliphatic heterocycles. The molecule has 198 valence electrons. The topological polar surface area (TPSA) is 113 Å². The summed E-state index contributed by atoms with van der Waals surface area (Å²) < 4.78 is 42.5. The molecule has 39 heavy (non-hydrogen) atoms. The molecule has 3 aromatic carbocycles. The third kappa shape index (κ3) is 5.83. The molecule has 0 atom stereocenters. The molecule has 0 N–H and O–H groups in total. The second-order valence-electron chi connectivity index (χ2n) is 8.81. The summed E-state index contributed by atoms with van der Waals surface area (Å²) in [5, 5.41) is 1.31. The number of hydrogen-bond donors (Lipinski definition) is 0. The average Bonchev–Trinajstić information content (AvgIpc) is 2.95. The van der Waals surface area contributed by atoms with Crippen molar-refractivity contribution in [1.82, 2.24) is 4.98 Å². The van der Waals surface area contributed by atoms with Gasteiger partial charge in [-0.1, -0.05) is 36.4 Å². The number of aryl methyl sites for hydroxylation is 1. The quantitative estimate of drug-likeness (QED) is 0.236. The highest BCUT2D eigenvalue weighted by molar-refractivity contribution is 7.91. The molecule has 0 bridgehead atoms. The second kappa shape index (κ2) is 11.1. The normalized spacial score (nSPS) is 11.5. The van der Waals surface area contributed by atoms with Gasteiger partial charge in [0, 0.05) is 11.5 Å². The number of benzene rings is 3. The summed E-state index contributed by atoms with van der Waals surface area (Å²) in [5.74, 6) is -0.677. The van der Waals surface area contributed by atoms with Crippen LogP contribution in [0.15, 0.2) is 99.0 Å². The van der Waals surface area contributed by atoms with Gasteiger partial charge in [-0.2, -0.15) is 0 Å². The summed E-state index contributed by atoms with van der Waals surface area (Å²) in [6.07, 6.45) is 0.0841. The molecule has 0 saturated carbocycles. The smallest absolute Gasteiger partial charge is 0.374 e. The number of aromatic nitrogens is 1. The van der Waals surface area contributed by atoms with Crippen molar-refractivity contribution in [2.45, 2.75) is 24.8 Å². The van der Waals surface area contributed by atoms with Crippen LogP contribution in [0.3, 0.4) is 0 Å². The van der Waals surface area contributed by atoms with Crippen molar-refractivity contribution < 1.29 is 27.1 Å². The molecule has 9 heteroatoms. The Morgan fingerprint density at radius 1 is 0.949 bits per heavy atom. The Labute approximate surface area is 224 Å². The number of rotatable bonds is 9. The summed E-state index contributed by atoms with van der Waals surface area (Å²) >= 11 is 0. The number of esters is 1. The fraction of sp³-hybridized carbons (Fsp3) is 0.167. The lowest BCUT2D eigenvalue weighted by molar-refractivity contribution is 0.0490. The first kappa shape index (κ1) is 26.1. The molecule has 5 rings (SSSR count). The van der Waals surface area contributed by atoms with Gasteiger partial charge < -0.3 is 13.9 Å². The maximum Gasteiger partial charge on any atom is 0.374 e. The number of hydrogen-bond acceptors (Lipinski definition) is 8. The number of nitrogens with zero attached hydrogens (tertiary/aromatic N) is 1. The van der Waals surface area contributed by atoms with Crippen LogP contribution < -0.4 is 10.2 Å². The van der Waals surface area contributed by atoms with Crippen LogP contribution in [-0.4, -0.2) is 31.7 Å². The van der Waals surface area contributed by atoms with Gasteiger partial charge >= 0.3 is 5.97 Å². The molecule has 0 unspecified atom stereocenters. The molecule has 5 aromatic rings. The monoisotopic (exact) mass is 543 g/mol. The lowest BCUT2D eigenvalue weighted by atomic mass is 10.1. The molecule has 0 amide bonds. The van der Waals surface area contributed by atoms with Gasteiger partial charge in [-0.25, -0.2) is 18.2 Å². The van der Waals surface area contributed by atoms with E-state index in [1.807, 2.05) is 36.4 Å². The number of carbonyl (C=O) groups is 1. The first-order valence-electron chi connectivity index (χ1n) is 12.4. The van der Waals surface area contributed by atoms with E-state index in [9.17, 15) is 18.0 Å². The largest absolute Gasteiger partial charge is 0.487 e. The van der Waals surface area contributed by atoms with Crippen molar-refractivity contribution in [3.8, 4) is 5.75 Å². The van der Waals surface area contributed by atoms with E-state index in [0.29, 0.717) is 11.3 Å². The SMILES string of the molecule is CCOC(=O)c1cc(=O)c2cccc(CCS(=O)(=O)c3ccc(OCc4ccc5ccccc5n4)cc3)c2o1. The molecule has 0 radical (unpaired) electrons. The van der Waals surface area contributed by atoms with E-state index in [4.69, 9.17) is 13.9 Å². The van der Waals surface area contributed by atoms with Crippen molar-refractivity contribution in [3.63, 3.8) is 0 Å². The minimum atomic E-state index is -3.66. The molecular weight excluding hydrogens is 518 g/mol. The number of sulfone groups is 1. The van der Waals surface area contributed by atoms with Gasteiger partial charge in [0.05, 0.1) is 33.9 Å². The van der Waals surface area contributed by atoms with Gasteiger partial charge in [0.15, 0.2) is 15.3 Å². The number of para-hydroxylation sites is 2. The van der Waals surface area contributed by atoms with Crippen LogP contribution in [-0.2, 0) is 27.6 Å². The first-order valence-corrected chi connectivity index (χ1v) is 14.0. The van der Waals surface area contributed by atoms with Crippen LogP contribution in [0.5, 0.6) is 5.75 Å². The highest BCUT2D eigenvalue weighted by Crippen LogP contribution is 2.23. The minimum Gasteiger partial charge on any atom is -0.487 e. The number of fused-ring (bicyclic) bond motifs is 2. The summed E-state index contributed by atoms with van der Waals surface area (Å²) in [4.78, 5) is 29.3. The Balaban J connectivity index is 1.28. The molecule has 0 saturated heterocycles. The van der Waals surface area contributed by atoms with Crippen LogP contribution in [0, 0.1) is 0 Å². The maximum atomic E-state index is 13.1. The van der Waals surface area contributed by atoms with E-state index >= 15 is 0 Å². The molecule has 0 fully saturated rings. The number of pyridine rings is 1. The molecule has 0 aliphatic carbocycles. The Kier molecular flexibility index (Phi) is 7.42. The lowest BCUT2D eigenvalue weighted by Gasteiger charge is -2.10. The average molecular weight is 544 g/mol. The van der Waals surface area contributed by atoms with Gasteiger partial charge in [0.25, 0.3) is 0 Å². The van der Waals surface area contributed by atoms with Gasteiger partial charge in [0.2, 0.25) is 5.76 Å². The zero-order valence-corrected chi connectivity index (χ0v) is 21.9. The number of carbonyl (C=O) groups excluding carboxylic acids is 1. The fourth-order valence-electron chi connectivity index (χ4n) is 4.19. The Morgan fingerprint density at radius 3 is 2.54 bits per heavy atom.